The van der Waals surface area contributed by atoms with Crippen molar-refractivity contribution < 1.29 is 5.11 Å². The highest BCUT2D eigenvalue weighted by Gasteiger charge is 2.19. The number of hydrogen-bond donors (Lipinski definition) is 3. The number of hydrogen-bond acceptors (Lipinski definition) is 3. The van der Waals surface area contributed by atoms with E-state index in [0.29, 0.717) is 5.92 Å². The summed E-state index contributed by atoms with van der Waals surface area (Å²) in [5, 5.41) is 12.5. The molecule has 1 aliphatic heterocycles. The molecule has 0 unspecified atom stereocenters. The van der Waals surface area contributed by atoms with Crippen LogP contribution in [0.4, 0.5) is 0 Å². The lowest BCUT2D eigenvalue weighted by Crippen LogP contribution is -2.28. The minimum Gasteiger partial charge on any atom is -0.394 e. The van der Waals surface area contributed by atoms with Gasteiger partial charge in [0.2, 0.25) is 0 Å². The number of nitrogens with one attached hydrogen (secondary N) is 1. The Hall–Kier alpha value is -0.900. The quantitative estimate of drug-likeness (QED) is 0.716. The summed E-state index contributed by atoms with van der Waals surface area (Å²) >= 11 is 0. The van der Waals surface area contributed by atoms with Crippen molar-refractivity contribution in [1.82, 2.24) is 5.32 Å². The summed E-state index contributed by atoms with van der Waals surface area (Å²) in [6.45, 7) is 2.17. The zero-order valence-electron chi connectivity index (χ0n) is 9.52. The van der Waals surface area contributed by atoms with E-state index in [9.17, 15) is 5.11 Å². The van der Waals surface area contributed by atoms with Crippen LogP contribution in [0.25, 0.3) is 0 Å². The molecule has 88 valence electrons. The van der Waals surface area contributed by atoms with Gasteiger partial charge in [0.25, 0.3) is 0 Å². The summed E-state index contributed by atoms with van der Waals surface area (Å²) in [4.78, 5) is 0. The fourth-order valence-electron chi connectivity index (χ4n) is 2.45. The highest BCUT2D eigenvalue weighted by molar-refractivity contribution is 5.33. The lowest BCUT2D eigenvalue weighted by atomic mass is 9.85. The van der Waals surface area contributed by atoms with Gasteiger partial charge in [-0.3, -0.25) is 0 Å². The van der Waals surface area contributed by atoms with Gasteiger partial charge in [0.15, 0.2) is 0 Å². The molecule has 1 saturated heterocycles. The molecular weight excluding hydrogens is 200 g/mol. The van der Waals surface area contributed by atoms with E-state index in [0.717, 1.165) is 31.5 Å². The summed E-state index contributed by atoms with van der Waals surface area (Å²) in [7, 11) is 0. The van der Waals surface area contributed by atoms with E-state index in [1.165, 1.54) is 5.56 Å². The SMILES string of the molecule is N[C@H](CO)c1ccccc1C1CCNCC1. The Labute approximate surface area is 96.7 Å². The molecule has 2 rings (SSSR count). The Balaban J connectivity index is 2.24. The average Bonchev–Trinajstić information content (AvgIpc) is 2.39. The molecule has 1 aromatic rings. The first kappa shape index (κ1) is 11.6. The van der Waals surface area contributed by atoms with Crippen LogP contribution in [-0.4, -0.2) is 24.8 Å². The lowest BCUT2D eigenvalue weighted by Gasteiger charge is -2.26. The zero-order valence-corrected chi connectivity index (χ0v) is 9.52. The standard InChI is InChI=1S/C13H20N2O/c14-13(9-16)12-4-2-1-3-11(12)10-5-7-15-8-6-10/h1-4,10,13,15-16H,5-9,14H2/t13-/m1/s1. The molecule has 1 aromatic carbocycles. The third-order valence-electron chi connectivity index (χ3n) is 3.37. The normalized spacial score (nSPS) is 19.6. The molecule has 1 aliphatic rings. The van der Waals surface area contributed by atoms with Crippen LogP contribution in [0.15, 0.2) is 24.3 Å². The molecule has 1 heterocycles. The maximum atomic E-state index is 9.17. The van der Waals surface area contributed by atoms with E-state index in [1.54, 1.807) is 0 Å². The van der Waals surface area contributed by atoms with E-state index < -0.39 is 0 Å². The molecule has 0 aromatic heterocycles. The number of aliphatic hydroxyl groups is 1. The van der Waals surface area contributed by atoms with E-state index >= 15 is 0 Å². The van der Waals surface area contributed by atoms with Crippen molar-refractivity contribution >= 4 is 0 Å². The smallest absolute Gasteiger partial charge is 0.0624 e. The number of aliphatic hydroxyl groups excluding tert-OH is 1. The molecule has 0 bridgehead atoms. The molecule has 16 heavy (non-hydrogen) atoms. The van der Waals surface area contributed by atoms with Crippen molar-refractivity contribution in [2.24, 2.45) is 5.73 Å². The van der Waals surface area contributed by atoms with Crippen LogP contribution in [0.1, 0.15) is 35.9 Å². The van der Waals surface area contributed by atoms with E-state index in [4.69, 9.17) is 5.73 Å². The van der Waals surface area contributed by atoms with Gasteiger partial charge in [-0.15, -0.1) is 0 Å². The first-order valence-electron chi connectivity index (χ1n) is 5.99. The summed E-state index contributed by atoms with van der Waals surface area (Å²) in [5.74, 6) is 0.593. The fraction of sp³-hybridized carbons (Fsp3) is 0.538. The molecule has 0 radical (unpaired) electrons. The van der Waals surface area contributed by atoms with Gasteiger partial charge in [-0.1, -0.05) is 24.3 Å². The first-order valence-corrected chi connectivity index (χ1v) is 5.99. The van der Waals surface area contributed by atoms with Gasteiger partial charge < -0.3 is 16.2 Å². The van der Waals surface area contributed by atoms with Gasteiger partial charge in [0.1, 0.15) is 0 Å². The van der Waals surface area contributed by atoms with Gasteiger partial charge in [-0.25, -0.2) is 0 Å². The Kier molecular flexibility index (Phi) is 3.93. The van der Waals surface area contributed by atoms with Gasteiger partial charge in [0, 0.05) is 0 Å². The van der Waals surface area contributed by atoms with Gasteiger partial charge in [-0.2, -0.15) is 0 Å². The number of nitrogens with two attached hydrogens (primary N) is 1. The lowest BCUT2D eigenvalue weighted by molar-refractivity contribution is 0.267. The van der Waals surface area contributed by atoms with Crippen LogP contribution in [0.3, 0.4) is 0 Å². The Morgan fingerprint density at radius 1 is 1.31 bits per heavy atom. The van der Waals surface area contributed by atoms with Gasteiger partial charge in [-0.05, 0) is 43.0 Å². The molecule has 0 spiro atoms. The predicted molar refractivity (Wildman–Crippen MR) is 65.3 cm³/mol. The van der Waals surface area contributed by atoms with Crippen molar-refractivity contribution in [3.8, 4) is 0 Å². The second kappa shape index (κ2) is 5.43. The predicted octanol–water partition coefficient (Wildman–Crippen LogP) is 1.15. The number of piperidine rings is 1. The molecule has 3 nitrogen and oxygen atoms in total. The van der Waals surface area contributed by atoms with Crippen molar-refractivity contribution in [2.45, 2.75) is 24.8 Å². The minimum absolute atomic E-state index is 0.0159. The van der Waals surface area contributed by atoms with Crippen LogP contribution in [-0.2, 0) is 0 Å². The molecule has 1 atom stereocenters. The van der Waals surface area contributed by atoms with Gasteiger partial charge >= 0.3 is 0 Å². The molecule has 0 amide bonds. The van der Waals surface area contributed by atoms with Crippen molar-refractivity contribution in [3.63, 3.8) is 0 Å². The molecule has 4 N–H and O–H groups in total. The summed E-state index contributed by atoms with van der Waals surface area (Å²) in [6, 6.07) is 8.01. The Morgan fingerprint density at radius 2 is 2.00 bits per heavy atom. The van der Waals surface area contributed by atoms with Gasteiger partial charge in [0.05, 0.1) is 12.6 Å². The van der Waals surface area contributed by atoms with Crippen LogP contribution in [0.2, 0.25) is 0 Å². The molecule has 0 aliphatic carbocycles. The summed E-state index contributed by atoms with van der Waals surface area (Å²) < 4.78 is 0. The molecule has 1 fully saturated rings. The van der Waals surface area contributed by atoms with Crippen molar-refractivity contribution in [3.05, 3.63) is 35.4 Å². The zero-order chi connectivity index (χ0) is 11.4. The number of benzene rings is 1. The maximum Gasteiger partial charge on any atom is 0.0624 e. The first-order chi connectivity index (χ1) is 7.83. The van der Waals surface area contributed by atoms with Crippen LogP contribution in [0.5, 0.6) is 0 Å². The second-order valence-electron chi connectivity index (χ2n) is 4.44. The largest absolute Gasteiger partial charge is 0.394 e. The topological polar surface area (TPSA) is 58.3 Å². The van der Waals surface area contributed by atoms with E-state index in [1.807, 2.05) is 12.1 Å². The summed E-state index contributed by atoms with van der Waals surface area (Å²) in [6.07, 6.45) is 2.32. The third kappa shape index (κ3) is 2.43. The summed E-state index contributed by atoms with van der Waals surface area (Å²) in [5.41, 5.74) is 8.37. The molecule has 0 saturated carbocycles. The van der Waals surface area contributed by atoms with Crippen molar-refractivity contribution in [2.75, 3.05) is 19.7 Å². The average molecular weight is 220 g/mol. The highest BCUT2D eigenvalue weighted by atomic mass is 16.3. The monoisotopic (exact) mass is 220 g/mol. The number of rotatable bonds is 3. The highest BCUT2D eigenvalue weighted by Crippen LogP contribution is 2.30. The Morgan fingerprint density at radius 3 is 2.69 bits per heavy atom. The minimum atomic E-state index is -0.244. The third-order valence-corrected chi connectivity index (χ3v) is 3.37. The maximum absolute atomic E-state index is 9.17. The van der Waals surface area contributed by atoms with Crippen LogP contribution < -0.4 is 11.1 Å². The molecular formula is C13H20N2O. The van der Waals surface area contributed by atoms with Crippen molar-refractivity contribution in [1.29, 1.82) is 0 Å². The second-order valence-corrected chi connectivity index (χ2v) is 4.44. The Bertz CT molecular complexity index is 334. The van der Waals surface area contributed by atoms with Crippen LogP contribution in [0, 0.1) is 0 Å². The molecule has 3 heteroatoms. The van der Waals surface area contributed by atoms with Crippen LogP contribution >= 0.6 is 0 Å². The van der Waals surface area contributed by atoms with E-state index in [2.05, 4.69) is 17.4 Å². The fourth-order valence-corrected chi connectivity index (χ4v) is 2.45. The van der Waals surface area contributed by atoms with E-state index in [-0.39, 0.29) is 12.6 Å².